The van der Waals surface area contributed by atoms with Gasteiger partial charge < -0.3 is 5.32 Å². The molecule has 4 heteroatoms. The average Bonchev–Trinajstić information content (AvgIpc) is 2.89. The van der Waals surface area contributed by atoms with Gasteiger partial charge in [0.2, 0.25) is 5.91 Å². The molecule has 0 aliphatic heterocycles. The zero-order chi connectivity index (χ0) is 12.7. The van der Waals surface area contributed by atoms with Gasteiger partial charge in [0.25, 0.3) is 0 Å². The summed E-state index contributed by atoms with van der Waals surface area (Å²) < 4.78 is 1.87. The quantitative estimate of drug-likeness (QED) is 0.869. The van der Waals surface area contributed by atoms with Gasteiger partial charge in [-0.1, -0.05) is 6.92 Å². The van der Waals surface area contributed by atoms with Crippen molar-refractivity contribution in [1.29, 1.82) is 0 Å². The smallest absolute Gasteiger partial charge is 0.223 e. The summed E-state index contributed by atoms with van der Waals surface area (Å²) in [6.45, 7) is 8.18. The van der Waals surface area contributed by atoms with Crippen LogP contribution in [0.2, 0.25) is 0 Å². The number of hydrogen-bond acceptors (Lipinski definition) is 2. The van der Waals surface area contributed by atoms with E-state index < -0.39 is 0 Å². The van der Waals surface area contributed by atoms with Crippen LogP contribution in [0.3, 0.4) is 0 Å². The Bertz CT molecular complexity index is 450. The highest BCUT2D eigenvalue weighted by molar-refractivity contribution is 5.81. The Kier molecular flexibility index (Phi) is 2.98. The van der Waals surface area contributed by atoms with Crippen molar-refractivity contribution in [1.82, 2.24) is 15.1 Å². The Morgan fingerprint density at radius 3 is 2.53 bits per heavy atom. The third-order valence-corrected chi connectivity index (χ3v) is 3.80. The average molecular weight is 235 g/mol. The Morgan fingerprint density at radius 1 is 1.53 bits per heavy atom. The van der Waals surface area contributed by atoms with Crippen LogP contribution in [-0.2, 0) is 11.8 Å². The molecule has 1 N–H and O–H groups in total. The first-order valence-electron chi connectivity index (χ1n) is 6.22. The molecule has 1 fully saturated rings. The second-order valence-corrected chi connectivity index (χ2v) is 5.26. The third-order valence-electron chi connectivity index (χ3n) is 3.80. The highest BCUT2D eigenvalue weighted by Crippen LogP contribution is 2.38. The van der Waals surface area contributed by atoms with Crippen LogP contribution in [0.15, 0.2) is 0 Å². The van der Waals surface area contributed by atoms with Gasteiger partial charge in [-0.2, -0.15) is 5.10 Å². The van der Waals surface area contributed by atoms with Crippen molar-refractivity contribution in [3.8, 4) is 0 Å². The summed E-state index contributed by atoms with van der Waals surface area (Å²) >= 11 is 0. The largest absolute Gasteiger partial charge is 0.349 e. The van der Waals surface area contributed by atoms with Gasteiger partial charge in [0, 0.05) is 24.2 Å². The van der Waals surface area contributed by atoms with E-state index in [0.717, 1.165) is 23.4 Å². The van der Waals surface area contributed by atoms with E-state index in [9.17, 15) is 4.79 Å². The summed E-state index contributed by atoms with van der Waals surface area (Å²) in [5, 5.41) is 7.47. The first-order valence-corrected chi connectivity index (χ1v) is 6.22. The van der Waals surface area contributed by atoms with E-state index in [0.29, 0.717) is 5.92 Å². The van der Waals surface area contributed by atoms with Gasteiger partial charge >= 0.3 is 0 Å². The van der Waals surface area contributed by atoms with E-state index in [2.05, 4.69) is 17.3 Å². The summed E-state index contributed by atoms with van der Waals surface area (Å²) in [5.74, 6) is 0.973. The number of nitrogens with one attached hydrogen (secondary N) is 1. The van der Waals surface area contributed by atoms with E-state index in [1.165, 1.54) is 0 Å². The highest BCUT2D eigenvalue weighted by Gasteiger charge is 2.39. The molecule has 0 spiro atoms. The van der Waals surface area contributed by atoms with Crippen molar-refractivity contribution < 1.29 is 4.79 Å². The number of carbonyl (C=O) groups is 1. The molecule has 3 atom stereocenters. The van der Waals surface area contributed by atoms with Crippen LogP contribution in [0.5, 0.6) is 0 Å². The zero-order valence-electron chi connectivity index (χ0n) is 11.2. The predicted molar refractivity (Wildman–Crippen MR) is 66.5 cm³/mol. The lowest BCUT2D eigenvalue weighted by Crippen LogP contribution is -2.29. The molecule has 1 saturated carbocycles. The molecule has 2 rings (SSSR count). The maximum atomic E-state index is 11.9. The zero-order valence-corrected chi connectivity index (χ0v) is 11.2. The number of carbonyl (C=O) groups excluding carboxylic acids is 1. The van der Waals surface area contributed by atoms with E-state index in [4.69, 9.17) is 0 Å². The normalized spacial score (nSPS) is 24.5. The molecule has 94 valence electrons. The van der Waals surface area contributed by atoms with Gasteiger partial charge in [-0.25, -0.2) is 0 Å². The van der Waals surface area contributed by atoms with Gasteiger partial charge in [0.15, 0.2) is 0 Å². The molecule has 1 aromatic rings. The Hall–Kier alpha value is -1.32. The SMILES string of the molecule is Cc1nn(C)c(C)c1[C@H](C)NC(=O)[C@@H]1C[C@H]1C. The van der Waals surface area contributed by atoms with Crippen LogP contribution in [-0.4, -0.2) is 15.7 Å². The third kappa shape index (κ3) is 2.21. The molecule has 0 aromatic carbocycles. The number of rotatable bonds is 3. The molecule has 1 amide bonds. The fraction of sp³-hybridized carbons (Fsp3) is 0.692. The lowest BCUT2D eigenvalue weighted by molar-refractivity contribution is -0.123. The second-order valence-electron chi connectivity index (χ2n) is 5.26. The van der Waals surface area contributed by atoms with Gasteiger partial charge in [0.05, 0.1) is 11.7 Å². The molecule has 1 aliphatic carbocycles. The predicted octanol–water partition coefficient (Wildman–Crippen LogP) is 1.87. The van der Waals surface area contributed by atoms with Crippen molar-refractivity contribution in [3.05, 3.63) is 17.0 Å². The summed E-state index contributed by atoms with van der Waals surface area (Å²) in [4.78, 5) is 11.9. The number of nitrogens with zero attached hydrogens (tertiary/aromatic N) is 2. The lowest BCUT2D eigenvalue weighted by Gasteiger charge is -2.14. The molecule has 4 nitrogen and oxygen atoms in total. The second kappa shape index (κ2) is 4.17. The minimum atomic E-state index is 0.0454. The number of hydrogen-bond donors (Lipinski definition) is 1. The van der Waals surface area contributed by atoms with E-state index in [-0.39, 0.29) is 17.9 Å². The molecule has 0 bridgehead atoms. The van der Waals surface area contributed by atoms with Crippen molar-refractivity contribution >= 4 is 5.91 Å². The standard InChI is InChI=1S/C13H21N3O/c1-7-6-11(7)13(17)14-8(2)12-9(3)15-16(5)10(12)4/h7-8,11H,6H2,1-5H3,(H,14,17)/t7-,8+,11-/m1/s1. The molecule has 0 unspecified atom stereocenters. The maximum absolute atomic E-state index is 11.9. The van der Waals surface area contributed by atoms with Gasteiger partial charge in [-0.15, -0.1) is 0 Å². The fourth-order valence-corrected chi connectivity index (χ4v) is 2.50. The summed E-state index contributed by atoms with van der Waals surface area (Å²) in [5.41, 5.74) is 3.27. The lowest BCUT2D eigenvalue weighted by atomic mass is 10.1. The summed E-state index contributed by atoms with van der Waals surface area (Å²) in [7, 11) is 1.93. The Balaban J connectivity index is 2.09. The van der Waals surface area contributed by atoms with E-state index in [1.54, 1.807) is 0 Å². The molecule has 1 heterocycles. The van der Waals surface area contributed by atoms with Crippen LogP contribution in [0, 0.1) is 25.7 Å². The van der Waals surface area contributed by atoms with Crippen LogP contribution in [0.1, 0.15) is 43.3 Å². The van der Waals surface area contributed by atoms with E-state index in [1.807, 2.05) is 32.5 Å². The van der Waals surface area contributed by atoms with Crippen LogP contribution in [0.4, 0.5) is 0 Å². The minimum Gasteiger partial charge on any atom is -0.349 e. The number of aromatic nitrogens is 2. The Morgan fingerprint density at radius 2 is 2.12 bits per heavy atom. The molecular weight excluding hydrogens is 214 g/mol. The van der Waals surface area contributed by atoms with Crippen LogP contribution < -0.4 is 5.32 Å². The number of aryl methyl sites for hydroxylation is 2. The molecule has 0 saturated heterocycles. The van der Waals surface area contributed by atoms with Crippen molar-refractivity contribution in [2.75, 3.05) is 0 Å². The molecule has 0 radical (unpaired) electrons. The molecule has 1 aliphatic rings. The Labute approximate surface area is 102 Å². The topological polar surface area (TPSA) is 46.9 Å². The minimum absolute atomic E-state index is 0.0454. The molecule has 17 heavy (non-hydrogen) atoms. The summed E-state index contributed by atoms with van der Waals surface area (Å²) in [6.07, 6.45) is 1.03. The maximum Gasteiger partial charge on any atom is 0.223 e. The number of amides is 1. The van der Waals surface area contributed by atoms with Gasteiger partial charge in [-0.3, -0.25) is 9.48 Å². The van der Waals surface area contributed by atoms with E-state index >= 15 is 0 Å². The van der Waals surface area contributed by atoms with Crippen molar-refractivity contribution in [2.24, 2.45) is 18.9 Å². The van der Waals surface area contributed by atoms with Crippen molar-refractivity contribution in [2.45, 2.75) is 40.2 Å². The van der Waals surface area contributed by atoms with Crippen LogP contribution in [0.25, 0.3) is 0 Å². The van der Waals surface area contributed by atoms with Gasteiger partial charge in [-0.05, 0) is 33.1 Å². The molecular formula is C13H21N3O. The fourth-order valence-electron chi connectivity index (χ4n) is 2.50. The molecule has 1 aromatic heterocycles. The first kappa shape index (κ1) is 12.1. The monoisotopic (exact) mass is 235 g/mol. The van der Waals surface area contributed by atoms with Crippen LogP contribution >= 0.6 is 0 Å². The van der Waals surface area contributed by atoms with Gasteiger partial charge in [0.1, 0.15) is 0 Å². The highest BCUT2D eigenvalue weighted by atomic mass is 16.2. The summed E-state index contributed by atoms with van der Waals surface area (Å²) in [6, 6.07) is 0.0454. The van der Waals surface area contributed by atoms with Crippen molar-refractivity contribution in [3.63, 3.8) is 0 Å². The first-order chi connectivity index (χ1) is 7.91.